The molecule has 7 rings (SSSR count). The zero-order valence-electron chi connectivity index (χ0n) is 23.0. The van der Waals surface area contributed by atoms with Crippen molar-refractivity contribution in [3.63, 3.8) is 0 Å². The number of carbonyl (C=O) groups excluding carboxylic acids is 2. The van der Waals surface area contributed by atoms with Crippen LogP contribution in [0.3, 0.4) is 0 Å². The maximum absolute atomic E-state index is 14.1. The molecule has 4 aromatic rings. The summed E-state index contributed by atoms with van der Waals surface area (Å²) in [5.41, 5.74) is 2.04. The van der Waals surface area contributed by atoms with Crippen molar-refractivity contribution in [2.24, 2.45) is 0 Å². The van der Waals surface area contributed by atoms with Gasteiger partial charge in [-0.3, -0.25) is 14.5 Å². The van der Waals surface area contributed by atoms with Gasteiger partial charge in [0, 0.05) is 42.7 Å². The highest BCUT2D eigenvalue weighted by atomic mass is 16.7. The Hall–Kier alpha value is -4.67. The van der Waals surface area contributed by atoms with E-state index in [1.807, 2.05) is 0 Å². The van der Waals surface area contributed by atoms with Crippen LogP contribution in [0.25, 0.3) is 22.0 Å². The number of benzene rings is 3. The molecule has 10 heteroatoms. The Morgan fingerprint density at radius 1 is 0.881 bits per heavy atom. The van der Waals surface area contributed by atoms with Crippen LogP contribution in [0.1, 0.15) is 32.7 Å². The molecular weight excluding hydrogens is 540 g/mol. The molecule has 0 radical (unpaired) electrons. The van der Waals surface area contributed by atoms with Gasteiger partial charge < -0.3 is 28.3 Å². The lowest BCUT2D eigenvalue weighted by atomic mass is 10.0. The maximum atomic E-state index is 14.1. The second kappa shape index (κ2) is 10.6. The summed E-state index contributed by atoms with van der Waals surface area (Å²) >= 11 is 0. The smallest absolute Gasteiger partial charge is 0.343 e. The van der Waals surface area contributed by atoms with Crippen molar-refractivity contribution < 1.29 is 33.3 Å². The van der Waals surface area contributed by atoms with E-state index in [0.717, 1.165) is 19.6 Å². The number of esters is 1. The van der Waals surface area contributed by atoms with Gasteiger partial charge in [-0.2, -0.15) is 0 Å². The molecule has 0 atom stereocenters. The van der Waals surface area contributed by atoms with Gasteiger partial charge in [-0.25, -0.2) is 4.79 Å². The van der Waals surface area contributed by atoms with E-state index in [2.05, 4.69) is 4.90 Å². The number of morpholine rings is 1. The molecule has 0 bridgehead atoms. The normalized spacial score (nSPS) is 15.5. The van der Waals surface area contributed by atoms with Gasteiger partial charge in [0.25, 0.3) is 5.56 Å². The largest absolute Gasteiger partial charge is 0.493 e. The topological polar surface area (TPSA) is 106 Å². The first-order valence-electron chi connectivity index (χ1n) is 13.9. The van der Waals surface area contributed by atoms with E-state index >= 15 is 0 Å². The average Bonchev–Trinajstić information content (AvgIpc) is 3.60. The second-order valence-electron chi connectivity index (χ2n) is 10.4. The maximum Gasteiger partial charge on any atom is 0.343 e. The fourth-order valence-electron chi connectivity index (χ4n) is 5.89. The Morgan fingerprint density at radius 3 is 2.33 bits per heavy atom. The lowest BCUT2D eigenvalue weighted by molar-refractivity contribution is 0.0369. The third-order valence-electron chi connectivity index (χ3n) is 7.97. The number of pyridine rings is 1. The predicted molar refractivity (Wildman–Crippen MR) is 153 cm³/mol. The molecule has 10 nitrogen and oxygen atoms in total. The fourth-order valence-corrected chi connectivity index (χ4v) is 5.89. The van der Waals surface area contributed by atoms with E-state index in [0.29, 0.717) is 76.4 Å². The molecule has 42 heavy (non-hydrogen) atoms. The Labute approximate surface area is 240 Å². The predicted octanol–water partition coefficient (Wildman–Crippen LogP) is 3.89. The first kappa shape index (κ1) is 26.2. The van der Waals surface area contributed by atoms with Crippen molar-refractivity contribution in [1.82, 2.24) is 9.47 Å². The second-order valence-corrected chi connectivity index (χ2v) is 10.4. The Balaban J connectivity index is 1.37. The van der Waals surface area contributed by atoms with Gasteiger partial charge in [-0.05, 0) is 42.8 Å². The molecular formula is C32H28N2O8. The number of hydrogen-bond donors (Lipinski definition) is 0. The summed E-state index contributed by atoms with van der Waals surface area (Å²) < 4.78 is 29.6. The SMILES string of the molecule is COc1cc2c(=O)n(CCCN3CCOCC3)c3c(c2cc1OC(=O)c1ccccc1)C(=O)c1cc2c(cc1-3)OCO2. The quantitative estimate of drug-likeness (QED) is 0.214. The molecule has 0 amide bonds. The fraction of sp³-hybridized carbons (Fsp3) is 0.281. The molecule has 1 aliphatic carbocycles. The third-order valence-corrected chi connectivity index (χ3v) is 7.97. The first-order valence-corrected chi connectivity index (χ1v) is 13.9. The molecule has 1 saturated heterocycles. The van der Waals surface area contributed by atoms with E-state index in [-0.39, 0.29) is 29.6 Å². The number of ketones is 1. The van der Waals surface area contributed by atoms with Gasteiger partial charge in [-0.1, -0.05) is 18.2 Å². The number of fused-ring (bicyclic) bond motifs is 6. The minimum atomic E-state index is -0.582. The van der Waals surface area contributed by atoms with Crippen molar-refractivity contribution in [2.75, 3.05) is 46.8 Å². The molecule has 3 aliphatic rings. The summed E-state index contributed by atoms with van der Waals surface area (Å²) in [4.78, 5) is 43.4. The highest BCUT2D eigenvalue weighted by molar-refractivity contribution is 6.27. The standard InChI is InChI=1S/C32H28N2O8/c1-38-24-17-23-20(14-27(24)42-32(37)19-6-3-2-4-7-19)28-29(21-15-25-26(41-18-40-25)16-22(21)30(28)35)34(31(23)36)9-5-8-33-10-12-39-13-11-33/h2-4,6-7,14-17H,5,8-13,18H2,1H3. The van der Waals surface area contributed by atoms with Crippen LogP contribution in [0.2, 0.25) is 0 Å². The molecule has 0 N–H and O–H groups in total. The van der Waals surface area contributed by atoms with E-state index in [9.17, 15) is 14.4 Å². The van der Waals surface area contributed by atoms with E-state index in [1.165, 1.54) is 7.11 Å². The number of rotatable bonds is 7. The van der Waals surface area contributed by atoms with Crippen LogP contribution in [0.5, 0.6) is 23.0 Å². The van der Waals surface area contributed by atoms with Crippen LogP contribution in [-0.4, -0.2) is 68.0 Å². The van der Waals surface area contributed by atoms with Gasteiger partial charge >= 0.3 is 5.97 Å². The van der Waals surface area contributed by atoms with Crippen molar-refractivity contribution in [2.45, 2.75) is 13.0 Å². The number of aromatic nitrogens is 1. The van der Waals surface area contributed by atoms with Crippen LogP contribution in [0, 0.1) is 0 Å². The van der Waals surface area contributed by atoms with Gasteiger partial charge in [-0.15, -0.1) is 0 Å². The molecule has 0 unspecified atom stereocenters. The summed E-state index contributed by atoms with van der Waals surface area (Å²) in [6, 6.07) is 15.1. The van der Waals surface area contributed by atoms with Crippen molar-refractivity contribution in [3.8, 4) is 34.3 Å². The minimum Gasteiger partial charge on any atom is -0.493 e. The number of nitrogens with zero attached hydrogens (tertiary/aromatic N) is 2. The van der Waals surface area contributed by atoms with Crippen LogP contribution in [0.4, 0.5) is 0 Å². The molecule has 214 valence electrons. The van der Waals surface area contributed by atoms with Gasteiger partial charge in [0.05, 0.1) is 42.5 Å². The van der Waals surface area contributed by atoms with Crippen LogP contribution in [0.15, 0.2) is 59.4 Å². The lowest BCUT2D eigenvalue weighted by Crippen LogP contribution is -2.37. The van der Waals surface area contributed by atoms with Crippen molar-refractivity contribution in [1.29, 1.82) is 0 Å². The Bertz CT molecular complexity index is 1790. The number of methoxy groups -OCH3 is 1. The Morgan fingerprint density at radius 2 is 1.60 bits per heavy atom. The lowest BCUT2D eigenvalue weighted by Gasteiger charge is -2.26. The van der Waals surface area contributed by atoms with Crippen LogP contribution >= 0.6 is 0 Å². The average molecular weight is 569 g/mol. The molecule has 1 fully saturated rings. The summed E-state index contributed by atoms with van der Waals surface area (Å²) in [5.74, 6) is 0.516. The third kappa shape index (κ3) is 4.40. The summed E-state index contributed by atoms with van der Waals surface area (Å²) in [6.45, 7) is 4.34. The monoisotopic (exact) mass is 568 g/mol. The molecule has 3 aromatic carbocycles. The molecule has 3 heterocycles. The van der Waals surface area contributed by atoms with Crippen molar-refractivity contribution >= 4 is 22.5 Å². The Kier molecular flexibility index (Phi) is 6.64. The van der Waals surface area contributed by atoms with E-state index < -0.39 is 5.97 Å². The van der Waals surface area contributed by atoms with Gasteiger partial charge in [0.15, 0.2) is 28.8 Å². The number of carbonyl (C=O) groups is 2. The van der Waals surface area contributed by atoms with Crippen LogP contribution < -0.4 is 24.5 Å². The first-order chi connectivity index (χ1) is 20.5. The highest BCUT2D eigenvalue weighted by Crippen LogP contribution is 2.47. The van der Waals surface area contributed by atoms with Crippen molar-refractivity contribution in [3.05, 3.63) is 81.6 Å². The summed E-state index contributed by atoms with van der Waals surface area (Å²) in [5, 5.41) is 0.692. The van der Waals surface area contributed by atoms with E-state index in [1.54, 1.807) is 59.2 Å². The summed E-state index contributed by atoms with van der Waals surface area (Å²) in [7, 11) is 1.44. The van der Waals surface area contributed by atoms with E-state index in [4.69, 9.17) is 23.7 Å². The zero-order chi connectivity index (χ0) is 28.8. The molecule has 0 spiro atoms. The number of hydrogen-bond acceptors (Lipinski definition) is 9. The summed E-state index contributed by atoms with van der Waals surface area (Å²) in [6.07, 6.45) is 0.704. The molecule has 0 saturated carbocycles. The van der Waals surface area contributed by atoms with Gasteiger partial charge in [0.1, 0.15) is 0 Å². The highest BCUT2D eigenvalue weighted by Gasteiger charge is 2.36. The minimum absolute atomic E-state index is 0.0687. The van der Waals surface area contributed by atoms with Gasteiger partial charge in [0.2, 0.25) is 6.79 Å². The molecule has 1 aromatic heterocycles. The molecule has 2 aliphatic heterocycles. The number of ether oxygens (including phenoxy) is 5. The zero-order valence-corrected chi connectivity index (χ0v) is 23.0. The van der Waals surface area contributed by atoms with Crippen LogP contribution in [-0.2, 0) is 11.3 Å².